The molecule has 0 spiro atoms. The van der Waals surface area contributed by atoms with Crippen LogP contribution in [0.5, 0.6) is 0 Å². The molecule has 12 heteroatoms. The molecule has 2 aromatic carbocycles. The number of carboxylic acids is 1. The molecular weight excluding hydrogens is 501 g/mol. The van der Waals surface area contributed by atoms with Crippen molar-refractivity contribution < 1.29 is 23.1 Å². The largest absolute Gasteiger partial charge is 0.478 e. The number of rotatable bonds is 7. The lowest BCUT2D eigenvalue weighted by Gasteiger charge is -2.35. The molecule has 2 heterocycles. The summed E-state index contributed by atoms with van der Waals surface area (Å²) in [6.45, 7) is 2.20. The number of alkyl halides is 3. The Morgan fingerprint density at radius 1 is 1.24 bits per heavy atom. The van der Waals surface area contributed by atoms with E-state index in [1.165, 1.54) is 24.0 Å². The Bertz CT molecular complexity index is 1510. The van der Waals surface area contributed by atoms with Gasteiger partial charge in [0.05, 0.1) is 22.8 Å². The van der Waals surface area contributed by atoms with E-state index in [1.807, 2.05) is 19.0 Å². The average molecular weight is 527 g/mol. The summed E-state index contributed by atoms with van der Waals surface area (Å²) in [4.78, 5) is 28.9. The van der Waals surface area contributed by atoms with Gasteiger partial charge in [0.15, 0.2) is 0 Å². The van der Waals surface area contributed by atoms with E-state index in [1.54, 1.807) is 18.2 Å². The van der Waals surface area contributed by atoms with Gasteiger partial charge in [-0.1, -0.05) is 12.1 Å². The van der Waals surface area contributed by atoms with E-state index in [0.29, 0.717) is 29.5 Å². The molecule has 0 amide bonds. The van der Waals surface area contributed by atoms with Crippen LogP contribution in [0.25, 0.3) is 0 Å². The van der Waals surface area contributed by atoms with Gasteiger partial charge in [-0.05, 0) is 81.9 Å². The lowest BCUT2D eigenvalue weighted by molar-refractivity contribution is -0.137. The van der Waals surface area contributed by atoms with Gasteiger partial charge in [0.1, 0.15) is 6.04 Å². The van der Waals surface area contributed by atoms with Crippen molar-refractivity contribution in [3.05, 3.63) is 86.5 Å². The summed E-state index contributed by atoms with van der Waals surface area (Å²) in [6.07, 6.45) is -3.42. The summed E-state index contributed by atoms with van der Waals surface area (Å²) in [5.41, 5.74) is -0.178. The average Bonchev–Trinajstić information content (AvgIpc) is 3.23. The zero-order valence-corrected chi connectivity index (χ0v) is 20.9. The van der Waals surface area contributed by atoms with Crippen molar-refractivity contribution in [2.45, 2.75) is 32.0 Å². The fraction of sp³-hybridized carbons (Fsp3) is 0.308. The first-order valence-electron chi connectivity index (χ1n) is 11.7. The SMILES string of the molecule is CC1=C(C(=O)O)C(c2ccc(C#N)cc2CCCN(C)C)n2c(n[nH]c2=O)N1c1cccc(C(F)(F)F)c1. The number of aliphatic carboxylic acids is 1. The Hall–Kier alpha value is -4.37. The van der Waals surface area contributed by atoms with Crippen LogP contribution in [0.15, 0.2) is 58.5 Å². The van der Waals surface area contributed by atoms with Crippen LogP contribution in [0.3, 0.4) is 0 Å². The maximum Gasteiger partial charge on any atom is 0.416 e. The number of halogens is 3. The van der Waals surface area contributed by atoms with Gasteiger partial charge >= 0.3 is 17.8 Å². The monoisotopic (exact) mass is 526 g/mol. The fourth-order valence-electron chi connectivity index (χ4n) is 4.73. The second kappa shape index (κ2) is 10.2. The van der Waals surface area contributed by atoms with Gasteiger partial charge in [-0.2, -0.15) is 18.4 Å². The molecule has 1 aliphatic heterocycles. The van der Waals surface area contributed by atoms with Crippen molar-refractivity contribution in [2.75, 3.05) is 25.5 Å². The quantitative estimate of drug-likeness (QED) is 0.477. The summed E-state index contributed by atoms with van der Waals surface area (Å²) in [6, 6.07) is 10.2. The number of allylic oxidation sites excluding steroid dienone is 1. The van der Waals surface area contributed by atoms with E-state index in [2.05, 4.69) is 16.3 Å². The number of carbonyl (C=O) groups is 1. The molecule has 1 aromatic heterocycles. The van der Waals surface area contributed by atoms with E-state index in [4.69, 9.17) is 0 Å². The number of benzene rings is 2. The number of nitrogens with one attached hydrogen (secondary N) is 1. The summed E-state index contributed by atoms with van der Waals surface area (Å²) in [5.74, 6) is -1.39. The number of H-pyrrole nitrogens is 1. The number of nitriles is 1. The van der Waals surface area contributed by atoms with Gasteiger partial charge in [-0.15, -0.1) is 5.10 Å². The third-order valence-corrected chi connectivity index (χ3v) is 6.42. The van der Waals surface area contributed by atoms with Crippen LogP contribution in [0.1, 0.15) is 41.6 Å². The minimum Gasteiger partial charge on any atom is -0.478 e. The Morgan fingerprint density at radius 2 is 1.97 bits per heavy atom. The molecule has 0 bridgehead atoms. The number of anilines is 2. The minimum atomic E-state index is -4.63. The van der Waals surface area contributed by atoms with E-state index >= 15 is 0 Å². The summed E-state index contributed by atoms with van der Waals surface area (Å²) < 4.78 is 41.5. The topological polar surface area (TPSA) is 118 Å². The molecule has 0 radical (unpaired) electrons. The van der Waals surface area contributed by atoms with Crippen molar-refractivity contribution in [3.63, 3.8) is 0 Å². The molecule has 1 atom stereocenters. The Morgan fingerprint density at radius 3 is 2.61 bits per heavy atom. The standard InChI is InChI=1S/C26H25F3N6O3/c1-15-21(23(36)37)22(20-10-9-16(14-30)12-17(20)6-5-11-33(2)3)35-24(31-32-25(35)38)34(15)19-8-4-7-18(13-19)26(27,28)29/h4,7-10,12-13,22H,5-6,11H2,1-3H3,(H,32,38)(H,36,37). The van der Waals surface area contributed by atoms with Crippen LogP contribution in [-0.4, -0.2) is 51.4 Å². The third-order valence-electron chi connectivity index (χ3n) is 6.42. The van der Waals surface area contributed by atoms with Crippen LogP contribution in [-0.2, 0) is 17.4 Å². The van der Waals surface area contributed by atoms with Crippen molar-refractivity contribution in [2.24, 2.45) is 0 Å². The van der Waals surface area contributed by atoms with Crippen LogP contribution < -0.4 is 10.6 Å². The van der Waals surface area contributed by atoms with E-state index in [0.717, 1.165) is 23.2 Å². The van der Waals surface area contributed by atoms with E-state index < -0.39 is 29.4 Å². The second-order valence-corrected chi connectivity index (χ2v) is 9.22. The summed E-state index contributed by atoms with van der Waals surface area (Å²) >= 11 is 0. The number of nitrogens with zero attached hydrogens (tertiary/aromatic N) is 5. The van der Waals surface area contributed by atoms with Gasteiger partial charge in [-0.3, -0.25) is 4.90 Å². The number of aromatic amines is 1. The third kappa shape index (κ3) is 4.92. The molecule has 0 aliphatic carbocycles. The predicted octanol–water partition coefficient (Wildman–Crippen LogP) is 4.06. The van der Waals surface area contributed by atoms with E-state index in [9.17, 15) is 33.1 Å². The van der Waals surface area contributed by atoms with Crippen LogP contribution in [0, 0.1) is 11.3 Å². The van der Waals surface area contributed by atoms with Crippen LogP contribution >= 0.6 is 0 Å². The summed E-state index contributed by atoms with van der Waals surface area (Å²) in [5, 5.41) is 26.1. The molecule has 38 heavy (non-hydrogen) atoms. The molecule has 1 unspecified atom stereocenters. The smallest absolute Gasteiger partial charge is 0.416 e. The van der Waals surface area contributed by atoms with E-state index in [-0.39, 0.29) is 22.9 Å². The first-order valence-corrected chi connectivity index (χ1v) is 11.7. The Kier molecular flexibility index (Phi) is 7.15. The number of fused-ring (bicyclic) bond motifs is 1. The zero-order valence-electron chi connectivity index (χ0n) is 20.9. The van der Waals surface area contributed by atoms with Crippen LogP contribution in [0.2, 0.25) is 0 Å². The van der Waals surface area contributed by atoms with Gasteiger partial charge in [0, 0.05) is 11.4 Å². The Balaban J connectivity index is 1.95. The highest BCUT2D eigenvalue weighted by molar-refractivity contribution is 5.92. The number of hydrogen-bond acceptors (Lipinski definition) is 6. The first kappa shape index (κ1) is 26.7. The molecule has 0 fully saturated rings. The zero-order chi connectivity index (χ0) is 27.8. The number of hydrogen-bond donors (Lipinski definition) is 2. The molecular formula is C26H25F3N6O3. The highest BCUT2D eigenvalue weighted by atomic mass is 19.4. The predicted molar refractivity (Wildman–Crippen MR) is 133 cm³/mol. The number of aryl methyl sites for hydroxylation is 1. The van der Waals surface area contributed by atoms with Crippen molar-refractivity contribution in [1.82, 2.24) is 19.7 Å². The molecule has 0 saturated heterocycles. The number of carboxylic acid groups (broad SMARTS) is 1. The van der Waals surface area contributed by atoms with Gasteiger partial charge in [-0.25, -0.2) is 19.3 Å². The molecule has 4 rings (SSSR count). The normalized spacial score (nSPS) is 15.5. The molecule has 3 aromatic rings. The lowest BCUT2D eigenvalue weighted by atomic mass is 9.88. The second-order valence-electron chi connectivity index (χ2n) is 9.22. The fourth-order valence-corrected chi connectivity index (χ4v) is 4.73. The maximum atomic E-state index is 13.5. The van der Waals surface area contributed by atoms with Crippen molar-refractivity contribution in [1.29, 1.82) is 5.26 Å². The highest BCUT2D eigenvalue weighted by Crippen LogP contribution is 2.43. The van der Waals surface area contributed by atoms with Gasteiger partial charge < -0.3 is 10.0 Å². The molecule has 9 nitrogen and oxygen atoms in total. The molecule has 198 valence electrons. The van der Waals surface area contributed by atoms with Gasteiger partial charge in [0.25, 0.3) is 0 Å². The first-order chi connectivity index (χ1) is 17.9. The molecule has 1 aliphatic rings. The van der Waals surface area contributed by atoms with Crippen molar-refractivity contribution in [3.8, 4) is 6.07 Å². The highest BCUT2D eigenvalue weighted by Gasteiger charge is 2.40. The van der Waals surface area contributed by atoms with Crippen LogP contribution in [0.4, 0.5) is 24.8 Å². The maximum absolute atomic E-state index is 13.5. The Labute approximate surface area is 216 Å². The minimum absolute atomic E-state index is 0.000750. The summed E-state index contributed by atoms with van der Waals surface area (Å²) in [7, 11) is 3.84. The molecule has 0 saturated carbocycles. The van der Waals surface area contributed by atoms with Crippen molar-refractivity contribution >= 4 is 17.6 Å². The lowest BCUT2D eigenvalue weighted by Crippen LogP contribution is -2.37. The molecule has 2 N–H and O–H groups in total. The van der Waals surface area contributed by atoms with Gasteiger partial charge in [0.2, 0.25) is 5.95 Å². The number of aromatic nitrogens is 3.